The first-order chi connectivity index (χ1) is 9.96. The largest absolute Gasteiger partial charge is 0.390 e. The quantitative estimate of drug-likeness (QED) is 0.696. The summed E-state index contributed by atoms with van der Waals surface area (Å²) in [5.74, 6) is 0. The van der Waals surface area contributed by atoms with Crippen LogP contribution in [0.2, 0.25) is 0 Å². The molecule has 0 aliphatic rings. The Hall–Kier alpha value is -0.900. The average molecular weight is 292 g/mol. The Balaban J connectivity index is 2.31. The average Bonchev–Trinajstić information content (AvgIpc) is 2.50. The molecule has 3 heteroatoms. The Labute approximate surface area is 130 Å². The molecule has 1 aromatic rings. The molecule has 0 radical (unpaired) electrons. The normalized spacial score (nSPS) is 13.6. The van der Waals surface area contributed by atoms with Gasteiger partial charge in [0.05, 0.1) is 6.10 Å². The van der Waals surface area contributed by atoms with Crippen molar-refractivity contribution < 1.29 is 5.11 Å². The lowest BCUT2D eigenvalue weighted by Crippen LogP contribution is -2.46. The maximum absolute atomic E-state index is 10.1. The molecule has 1 rings (SSSR count). The molecule has 0 aromatic heterocycles. The van der Waals surface area contributed by atoms with Crippen LogP contribution >= 0.6 is 0 Å². The zero-order chi connectivity index (χ0) is 15.7. The summed E-state index contributed by atoms with van der Waals surface area (Å²) < 4.78 is 0. The molecule has 0 saturated heterocycles. The lowest BCUT2D eigenvalue weighted by molar-refractivity contribution is 0.108. The van der Waals surface area contributed by atoms with Crippen LogP contribution in [0.25, 0.3) is 0 Å². The number of rotatable bonds is 10. The fraction of sp³-hybridized carbons (Fsp3) is 0.667. The fourth-order valence-electron chi connectivity index (χ4n) is 2.43. The van der Waals surface area contributed by atoms with E-state index in [0.29, 0.717) is 6.54 Å². The van der Waals surface area contributed by atoms with Crippen LogP contribution in [0, 0.1) is 0 Å². The lowest BCUT2D eigenvalue weighted by atomic mass is 9.95. The van der Waals surface area contributed by atoms with Gasteiger partial charge in [0, 0.05) is 18.6 Å². The number of likely N-dealkylation sites (N-methyl/N-ethyl adjacent to an activating group) is 1. The number of aliphatic hydroxyl groups excluding tert-OH is 1. The Kier molecular flexibility index (Phi) is 7.94. The zero-order valence-electron chi connectivity index (χ0n) is 14.1. The fourth-order valence-corrected chi connectivity index (χ4v) is 2.43. The smallest absolute Gasteiger partial charge is 0.0791 e. The van der Waals surface area contributed by atoms with Crippen LogP contribution in [-0.4, -0.2) is 47.8 Å². The van der Waals surface area contributed by atoms with E-state index in [1.54, 1.807) is 0 Å². The van der Waals surface area contributed by atoms with Gasteiger partial charge in [-0.25, -0.2) is 0 Å². The molecular weight excluding hydrogens is 260 g/mol. The summed E-state index contributed by atoms with van der Waals surface area (Å²) in [6.07, 6.45) is 1.82. The van der Waals surface area contributed by atoms with Crippen molar-refractivity contribution in [2.24, 2.45) is 0 Å². The molecule has 21 heavy (non-hydrogen) atoms. The Bertz CT molecular complexity index is 374. The van der Waals surface area contributed by atoms with Gasteiger partial charge in [-0.05, 0) is 45.3 Å². The summed E-state index contributed by atoms with van der Waals surface area (Å²) in [6, 6.07) is 10.6. The van der Waals surface area contributed by atoms with Crippen molar-refractivity contribution in [3.63, 3.8) is 0 Å². The Morgan fingerprint density at radius 1 is 1.14 bits per heavy atom. The lowest BCUT2D eigenvalue weighted by Gasteiger charge is -2.29. The monoisotopic (exact) mass is 292 g/mol. The van der Waals surface area contributed by atoms with E-state index in [0.717, 1.165) is 32.5 Å². The molecular formula is C18H32N2O. The van der Waals surface area contributed by atoms with Crippen molar-refractivity contribution >= 4 is 0 Å². The number of β-amino-alcohol motifs (C(OH)–C–C–N with tert-alkyl or cyclic N) is 1. The molecule has 1 unspecified atom stereocenters. The minimum Gasteiger partial charge on any atom is -0.390 e. The van der Waals surface area contributed by atoms with Crippen LogP contribution in [-0.2, 0) is 6.42 Å². The molecule has 1 atom stereocenters. The third-order valence-corrected chi connectivity index (χ3v) is 4.06. The molecule has 0 bridgehead atoms. The van der Waals surface area contributed by atoms with E-state index < -0.39 is 0 Å². The topological polar surface area (TPSA) is 35.5 Å². The van der Waals surface area contributed by atoms with Gasteiger partial charge in [-0.15, -0.1) is 0 Å². The number of aryl methyl sites for hydroxylation is 1. The van der Waals surface area contributed by atoms with Crippen LogP contribution in [0.4, 0.5) is 0 Å². The second-order valence-corrected chi connectivity index (χ2v) is 6.39. The van der Waals surface area contributed by atoms with Crippen LogP contribution in [0.3, 0.4) is 0 Å². The van der Waals surface area contributed by atoms with Gasteiger partial charge in [0.2, 0.25) is 0 Å². The highest BCUT2D eigenvalue weighted by Crippen LogP contribution is 2.13. The van der Waals surface area contributed by atoms with Gasteiger partial charge >= 0.3 is 0 Å². The minimum absolute atomic E-state index is 0.0417. The summed E-state index contributed by atoms with van der Waals surface area (Å²) in [4.78, 5) is 2.25. The number of hydrogen-bond acceptors (Lipinski definition) is 3. The molecule has 1 aromatic carbocycles. The minimum atomic E-state index is -0.305. The third kappa shape index (κ3) is 7.60. The van der Waals surface area contributed by atoms with Crippen molar-refractivity contribution in [1.82, 2.24) is 10.2 Å². The molecule has 0 aliphatic carbocycles. The summed E-state index contributed by atoms with van der Waals surface area (Å²) in [5, 5.41) is 13.6. The van der Waals surface area contributed by atoms with E-state index in [1.165, 1.54) is 5.56 Å². The summed E-state index contributed by atoms with van der Waals surface area (Å²) >= 11 is 0. The van der Waals surface area contributed by atoms with Gasteiger partial charge in [0.15, 0.2) is 0 Å². The van der Waals surface area contributed by atoms with Crippen LogP contribution in [0.15, 0.2) is 30.3 Å². The van der Waals surface area contributed by atoms with Crippen LogP contribution in [0.1, 0.15) is 39.7 Å². The van der Waals surface area contributed by atoms with Crippen molar-refractivity contribution in [3.05, 3.63) is 35.9 Å². The number of hydrogen-bond donors (Lipinski definition) is 2. The molecule has 0 saturated carbocycles. The van der Waals surface area contributed by atoms with E-state index in [9.17, 15) is 5.11 Å². The molecule has 0 spiro atoms. The zero-order valence-corrected chi connectivity index (χ0v) is 14.1. The van der Waals surface area contributed by atoms with Crippen molar-refractivity contribution in [1.29, 1.82) is 0 Å². The third-order valence-electron chi connectivity index (χ3n) is 4.06. The molecule has 120 valence electrons. The molecule has 0 aliphatic heterocycles. The number of benzene rings is 1. The maximum atomic E-state index is 10.1. The molecule has 3 nitrogen and oxygen atoms in total. The molecule has 2 N–H and O–H groups in total. The van der Waals surface area contributed by atoms with Gasteiger partial charge in [0.1, 0.15) is 0 Å². The van der Waals surface area contributed by atoms with Gasteiger partial charge in [0.25, 0.3) is 0 Å². The highest BCUT2D eigenvalue weighted by atomic mass is 16.3. The van der Waals surface area contributed by atoms with E-state index >= 15 is 0 Å². The first-order valence-corrected chi connectivity index (χ1v) is 8.16. The van der Waals surface area contributed by atoms with Gasteiger partial charge in [-0.3, -0.25) is 0 Å². The summed E-state index contributed by atoms with van der Waals surface area (Å²) in [6.45, 7) is 12.1. The van der Waals surface area contributed by atoms with Crippen molar-refractivity contribution in [2.45, 2.75) is 52.2 Å². The van der Waals surface area contributed by atoms with E-state index in [2.05, 4.69) is 68.2 Å². The van der Waals surface area contributed by atoms with E-state index in [1.807, 2.05) is 0 Å². The number of nitrogens with one attached hydrogen (secondary N) is 1. The molecule has 0 amide bonds. The van der Waals surface area contributed by atoms with E-state index in [4.69, 9.17) is 0 Å². The highest BCUT2D eigenvalue weighted by molar-refractivity contribution is 5.15. The van der Waals surface area contributed by atoms with Crippen LogP contribution in [0.5, 0.6) is 0 Å². The van der Waals surface area contributed by atoms with Crippen molar-refractivity contribution in [3.8, 4) is 0 Å². The summed E-state index contributed by atoms with van der Waals surface area (Å²) in [5.41, 5.74) is 1.41. The maximum Gasteiger partial charge on any atom is 0.0791 e. The number of aliphatic hydroxyl groups is 1. The first kappa shape index (κ1) is 18.1. The van der Waals surface area contributed by atoms with E-state index in [-0.39, 0.29) is 11.6 Å². The molecule has 0 heterocycles. The SMILES string of the molecule is CCN(CC)CC(O)CNC(C)(C)CCc1ccccc1. The second kappa shape index (κ2) is 9.19. The van der Waals surface area contributed by atoms with Gasteiger partial charge in [-0.1, -0.05) is 44.2 Å². The summed E-state index contributed by atoms with van der Waals surface area (Å²) in [7, 11) is 0. The first-order valence-electron chi connectivity index (χ1n) is 8.16. The van der Waals surface area contributed by atoms with Crippen molar-refractivity contribution in [2.75, 3.05) is 26.2 Å². The predicted molar refractivity (Wildman–Crippen MR) is 90.6 cm³/mol. The number of nitrogens with zero attached hydrogens (tertiary/aromatic N) is 1. The van der Waals surface area contributed by atoms with Gasteiger partial charge in [-0.2, -0.15) is 0 Å². The Morgan fingerprint density at radius 2 is 1.76 bits per heavy atom. The van der Waals surface area contributed by atoms with Gasteiger partial charge < -0.3 is 15.3 Å². The predicted octanol–water partition coefficient (Wildman–Crippen LogP) is 2.69. The van der Waals surface area contributed by atoms with Crippen LogP contribution < -0.4 is 5.32 Å². The molecule has 0 fully saturated rings. The standard InChI is InChI=1S/C18H32N2O/c1-5-20(6-2)15-17(21)14-19-18(3,4)13-12-16-10-8-7-9-11-16/h7-11,17,19,21H,5-6,12-15H2,1-4H3. The Morgan fingerprint density at radius 3 is 2.33 bits per heavy atom. The highest BCUT2D eigenvalue weighted by Gasteiger charge is 2.19. The second-order valence-electron chi connectivity index (χ2n) is 6.39.